The third kappa shape index (κ3) is 3.16. The molecule has 2 aliphatic heterocycles. The van der Waals surface area contributed by atoms with Crippen molar-refractivity contribution in [2.24, 2.45) is 5.92 Å². The number of carbonyl (C=O) groups excluding carboxylic acids is 2. The third-order valence-corrected chi connectivity index (χ3v) is 5.20. The van der Waals surface area contributed by atoms with Crippen LogP contribution in [0.15, 0.2) is 60.3 Å². The average molecular weight is 360 g/mol. The molecule has 2 aromatic carbocycles. The Labute approximate surface area is 160 Å². The number of benzene rings is 2. The van der Waals surface area contributed by atoms with Crippen molar-refractivity contribution in [3.63, 3.8) is 0 Å². The van der Waals surface area contributed by atoms with Crippen LogP contribution in [0, 0.1) is 5.92 Å². The Morgan fingerprint density at radius 1 is 0.889 bits per heavy atom. The van der Waals surface area contributed by atoms with Crippen molar-refractivity contribution in [1.29, 1.82) is 0 Å². The molecule has 2 aliphatic rings. The Morgan fingerprint density at radius 3 is 2.26 bits per heavy atom. The zero-order chi connectivity index (χ0) is 19.0. The summed E-state index contributed by atoms with van der Waals surface area (Å²) in [6, 6.07) is 17.9. The quantitative estimate of drug-likeness (QED) is 0.784. The van der Waals surface area contributed by atoms with E-state index in [0.717, 1.165) is 18.5 Å². The van der Waals surface area contributed by atoms with E-state index >= 15 is 0 Å². The Kier molecular flexibility index (Phi) is 4.56. The standard InChI is InChI=1S/C23H24N2O2/c1-16(2)14-25-22(26)20(18-9-4-3-5-10-18)21(23(25)27)24-13-12-17-8-6-7-11-19(17)15-24/h3-11,16H,12-15H2,1-2H3. The summed E-state index contributed by atoms with van der Waals surface area (Å²) in [6.45, 7) is 5.91. The van der Waals surface area contributed by atoms with Crippen molar-refractivity contribution in [3.05, 3.63) is 77.0 Å². The van der Waals surface area contributed by atoms with E-state index in [1.54, 1.807) is 0 Å². The van der Waals surface area contributed by atoms with Crippen molar-refractivity contribution >= 4 is 17.4 Å². The molecule has 0 aliphatic carbocycles. The predicted octanol–water partition coefficient (Wildman–Crippen LogP) is 3.48. The second kappa shape index (κ2) is 7.03. The summed E-state index contributed by atoms with van der Waals surface area (Å²) in [5.41, 5.74) is 4.47. The summed E-state index contributed by atoms with van der Waals surface area (Å²) in [5, 5.41) is 0. The summed E-state index contributed by atoms with van der Waals surface area (Å²) in [5.74, 6) is -0.1000. The molecule has 4 nitrogen and oxygen atoms in total. The molecule has 0 atom stereocenters. The zero-order valence-corrected chi connectivity index (χ0v) is 15.8. The van der Waals surface area contributed by atoms with Gasteiger partial charge in [-0.1, -0.05) is 68.4 Å². The maximum atomic E-state index is 13.3. The molecule has 0 saturated heterocycles. The van der Waals surface area contributed by atoms with Crippen LogP contribution in [0.5, 0.6) is 0 Å². The van der Waals surface area contributed by atoms with Crippen LogP contribution in [0.25, 0.3) is 5.57 Å². The molecule has 0 N–H and O–H groups in total. The molecule has 0 unspecified atom stereocenters. The van der Waals surface area contributed by atoms with Crippen molar-refractivity contribution in [2.75, 3.05) is 13.1 Å². The van der Waals surface area contributed by atoms with E-state index in [1.165, 1.54) is 16.0 Å². The lowest BCUT2D eigenvalue weighted by Crippen LogP contribution is -2.38. The molecular formula is C23H24N2O2. The lowest BCUT2D eigenvalue weighted by Gasteiger charge is -2.31. The van der Waals surface area contributed by atoms with Gasteiger partial charge in [0.15, 0.2) is 0 Å². The van der Waals surface area contributed by atoms with Gasteiger partial charge >= 0.3 is 0 Å². The highest BCUT2D eigenvalue weighted by Gasteiger charge is 2.42. The van der Waals surface area contributed by atoms with Crippen LogP contribution in [0.3, 0.4) is 0 Å². The molecule has 2 heterocycles. The van der Waals surface area contributed by atoms with Gasteiger partial charge in [-0.2, -0.15) is 0 Å². The molecule has 0 fully saturated rings. The molecule has 0 saturated carbocycles. The fourth-order valence-corrected chi connectivity index (χ4v) is 3.94. The Bertz CT molecular complexity index is 915. The van der Waals surface area contributed by atoms with E-state index in [0.29, 0.717) is 24.4 Å². The molecule has 0 spiro atoms. The van der Waals surface area contributed by atoms with Gasteiger partial charge in [0.2, 0.25) is 0 Å². The number of rotatable bonds is 4. The van der Waals surface area contributed by atoms with Gasteiger partial charge in [0, 0.05) is 19.6 Å². The van der Waals surface area contributed by atoms with E-state index in [4.69, 9.17) is 0 Å². The minimum atomic E-state index is -0.172. The lowest BCUT2D eigenvalue weighted by molar-refractivity contribution is -0.138. The van der Waals surface area contributed by atoms with E-state index < -0.39 is 0 Å². The van der Waals surface area contributed by atoms with Crippen LogP contribution in [-0.4, -0.2) is 34.7 Å². The molecule has 138 valence electrons. The van der Waals surface area contributed by atoms with Gasteiger partial charge in [0.1, 0.15) is 5.70 Å². The van der Waals surface area contributed by atoms with Gasteiger partial charge in [-0.3, -0.25) is 14.5 Å². The number of carbonyl (C=O) groups is 2. The average Bonchev–Trinajstić information content (AvgIpc) is 2.92. The van der Waals surface area contributed by atoms with Crippen LogP contribution < -0.4 is 0 Å². The van der Waals surface area contributed by atoms with Gasteiger partial charge in [-0.05, 0) is 29.0 Å². The molecule has 4 heteroatoms. The fraction of sp³-hybridized carbons (Fsp3) is 0.304. The first kappa shape index (κ1) is 17.5. The summed E-state index contributed by atoms with van der Waals surface area (Å²) in [4.78, 5) is 29.9. The van der Waals surface area contributed by atoms with Crippen molar-refractivity contribution in [1.82, 2.24) is 9.80 Å². The van der Waals surface area contributed by atoms with Gasteiger partial charge in [0.05, 0.1) is 5.57 Å². The normalized spacial score (nSPS) is 17.1. The molecule has 0 aromatic heterocycles. The largest absolute Gasteiger partial charge is 0.362 e. The van der Waals surface area contributed by atoms with Crippen LogP contribution in [0.4, 0.5) is 0 Å². The molecule has 2 amide bonds. The monoisotopic (exact) mass is 360 g/mol. The molecule has 0 radical (unpaired) electrons. The lowest BCUT2D eigenvalue weighted by atomic mass is 9.98. The van der Waals surface area contributed by atoms with Crippen LogP contribution in [-0.2, 0) is 22.6 Å². The maximum Gasteiger partial charge on any atom is 0.277 e. The van der Waals surface area contributed by atoms with Crippen LogP contribution in [0.2, 0.25) is 0 Å². The first-order valence-corrected chi connectivity index (χ1v) is 9.54. The summed E-state index contributed by atoms with van der Waals surface area (Å²) in [6.07, 6.45) is 0.882. The van der Waals surface area contributed by atoms with Gasteiger partial charge < -0.3 is 4.90 Å². The first-order chi connectivity index (χ1) is 13.1. The highest BCUT2D eigenvalue weighted by atomic mass is 16.2. The number of hydrogen-bond acceptors (Lipinski definition) is 3. The molecule has 2 aromatic rings. The smallest absolute Gasteiger partial charge is 0.277 e. The highest BCUT2D eigenvalue weighted by Crippen LogP contribution is 2.34. The van der Waals surface area contributed by atoms with Crippen molar-refractivity contribution < 1.29 is 9.59 Å². The number of hydrogen-bond donors (Lipinski definition) is 0. The van der Waals surface area contributed by atoms with Crippen LogP contribution in [0.1, 0.15) is 30.5 Å². The first-order valence-electron chi connectivity index (χ1n) is 9.54. The van der Waals surface area contributed by atoms with Gasteiger partial charge in [-0.15, -0.1) is 0 Å². The van der Waals surface area contributed by atoms with E-state index in [-0.39, 0.29) is 17.7 Å². The predicted molar refractivity (Wildman–Crippen MR) is 105 cm³/mol. The number of imide groups is 1. The highest BCUT2D eigenvalue weighted by molar-refractivity contribution is 6.35. The van der Waals surface area contributed by atoms with E-state index in [1.807, 2.05) is 50.2 Å². The summed E-state index contributed by atoms with van der Waals surface area (Å²) >= 11 is 0. The van der Waals surface area contributed by atoms with E-state index in [9.17, 15) is 9.59 Å². The van der Waals surface area contributed by atoms with Crippen LogP contribution >= 0.6 is 0 Å². The molecular weight excluding hydrogens is 336 g/mol. The maximum absolute atomic E-state index is 13.3. The molecule has 0 bridgehead atoms. The SMILES string of the molecule is CC(C)CN1C(=O)C(c2ccccc2)=C(N2CCc3ccccc3C2)C1=O. The zero-order valence-electron chi connectivity index (χ0n) is 15.8. The Balaban J connectivity index is 1.77. The van der Waals surface area contributed by atoms with Crippen molar-refractivity contribution in [3.8, 4) is 0 Å². The number of fused-ring (bicyclic) bond motifs is 1. The number of nitrogens with zero attached hydrogens (tertiary/aromatic N) is 2. The summed E-state index contributed by atoms with van der Waals surface area (Å²) in [7, 11) is 0. The minimum absolute atomic E-state index is 0.160. The topological polar surface area (TPSA) is 40.6 Å². The minimum Gasteiger partial charge on any atom is -0.362 e. The Hall–Kier alpha value is -2.88. The third-order valence-electron chi connectivity index (χ3n) is 5.20. The second-order valence-electron chi connectivity index (χ2n) is 7.64. The number of amides is 2. The van der Waals surface area contributed by atoms with Gasteiger partial charge in [-0.25, -0.2) is 0 Å². The molecule has 4 rings (SSSR count). The van der Waals surface area contributed by atoms with Crippen molar-refractivity contribution in [2.45, 2.75) is 26.8 Å². The fourth-order valence-electron chi connectivity index (χ4n) is 3.94. The van der Waals surface area contributed by atoms with E-state index in [2.05, 4.69) is 23.1 Å². The molecule has 27 heavy (non-hydrogen) atoms. The van der Waals surface area contributed by atoms with Gasteiger partial charge in [0.25, 0.3) is 11.8 Å². The summed E-state index contributed by atoms with van der Waals surface area (Å²) < 4.78 is 0. The second-order valence-corrected chi connectivity index (χ2v) is 7.64. The Morgan fingerprint density at radius 2 is 1.56 bits per heavy atom.